The quantitative estimate of drug-likeness (QED) is 0.730. The van der Waals surface area contributed by atoms with Gasteiger partial charge in [0.1, 0.15) is 5.75 Å². The van der Waals surface area contributed by atoms with Crippen LogP contribution >= 0.6 is 11.8 Å². The second-order valence-corrected chi connectivity index (χ2v) is 5.28. The number of rotatable bonds is 3. The summed E-state index contributed by atoms with van der Waals surface area (Å²) >= 11 is 1.60. The minimum atomic E-state index is -0.0289. The maximum atomic E-state index is 9.51. The Morgan fingerprint density at radius 2 is 2.00 bits per heavy atom. The first-order chi connectivity index (χ1) is 6.05. The van der Waals surface area contributed by atoms with Crippen LogP contribution in [0.15, 0.2) is 29.2 Å². The maximum Gasteiger partial charge on any atom is 0.129 e. The Kier molecular flexibility index (Phi) is 3.22. The molecule has 0 saturated heterocycles. The number of aromatic hydroxyl groups is 1. The molecule has 0 radical (unpaired) electrons. The third-order valence-electron chi connectivity index (χ3n) is 1.74. The van der Waals surface area contributed by atoms with Gasteiger partial charge in [0.2, 0.25) is 0 Å². The van der Waals surface area contributed by atoms with Crippen molar-refractivity contribution in [2.45, 2.75) is 23.5 Å². The topological polar surface area (TPSA) is 46.2 Å². The molecule has 0 aliphatic rings. The third-order valence-corrected chi connectivity index (χ3v) is 3.03. The summed E-state index contributed by atoms with van der Waals surface area (Å²) < 4.78 is -0.0289. The highest BCUT2D eigenvalue weighted by Gasteiger charge is 2.18. The smallest absolute Gasteiger partial charge is 0.129 e. The number of phenols is 1. The minimum Gasteiger partial charge on any atom is -0.507 e. The summed E-state index contributed by atoms with van der Waals surface area (Å²) in [5.74, 6) is 0.328. The van der Waals surface area contributed by atoms with Crippen LogP contribution in [0.1, 0.15) is 13.8 Å². The average molecular weight is 197 g/mol. The van der Waals surface area contributed by atoms with E-state index in [0.717, 1.165) is 4.90 Å². The van der Waals surface area contributed by atoms with Crippen molar-refractivity contribution in [2.75, 3.05) is 6.54 Å². The van der Waals surface area contributed by atoms with Crippen LogP contribution < -0.4 is 5.73 Å². The Labute approximate surface area is 83.1 Å². The number of hydrogen-bond donors (Lipinski definition) is 2. The zero-order valence-corrected chi connectivity index (χ0v) is 8.77. The molecule has 0 unspecified atom stereocenters. The maximum absolute atomic E-state index is 9.51. The fraction of sp³-hybridized carbons (Fsp3) is 0.400. The molecule has 0 amide bonds. The summed E-state index contributed by atoms with van der Waals surface area (Å²) in [6.45, 7) is 4.71. The van der Waals surface area contributed by atoms with E-state index < -0.39 is 0 Å². The van der Waals surface area contributed by atoms with E-state index >= 15 is 0 Å². The van der Waals surface area contributed by atoms with E-state index in [1.165, 1.54) is 0 Å². The van der Waals surface area contributed by atoms with E-state index in [1.807, 2.05) is 18.2 Å². The van der Waals surface area contributed by atoms with Gasteiger partial charge in [-0.1, -0.05) is 12.1 Å². The van der Waals surface area contributed by atoms with Gasteiger partial charge in [0.25, 0.3) is 0 Å². The second kappa shape index (κ2) is 4.03. The molecule has 0 spiro atoms. The number of para-hydroxylation sites is 1. The van der Waals surface area contributed by atoms with Crippen LogP contribution in [0, 0.1) is 0 Å². The van der Waals surface area contributed by atoms with Crippen LogP contribution in [0.25, 0.3) is 0 Å². The van der Waals surface area contributed by atoms with E-state index in [2.05, 4.69) is 13.8 Å². The van der Waals surface area contributed by atoms with Crippen molar-refractivity contribution < 1.29 is 5.11 Å². The number of hydrogen-bond acceptors (Lipinski definition) is 3. The molecule has 13 heavy (non-hydrogen) atoms. The van der Waals surface area contributed by atoms with E-state index in [4.69, 9.17) is 5.73 Å². The molecule has 0 atom stereocenters. The summed E-state index contributed by atoms with van der Waals surface area (Å²) in [5, 5.41) is 9.51. The van der Waals surface area contributed by atoms with Gasteiger partial charge in [0, 0.05) is 16.2 Å². The molecule has 3 N–H and O–H groups in total. The predicted octanol–water partition coefficient (Wildman–Crippen LogP) is 2.22. The van der Waals surface area contributed by atoms with Gasteiger partial charge in [-0.25, -0.2) is 0 Å². The summed E-state index contributed by atoms with van der Waals surface area (Å²) in [5.41, 5.74) is 5.60. The van der Waals surface area contributed by atoms with E-state index in [-0.39, 0.29) is 4.75 Å². The van der Waals surface area contributed by atoms with Crippen LogP contribution in [-0.4, -0.2) is 16.4 Å². The number of phenolic OH excluding ortho intramolecular Hbond substituents is 1. The standard InChI is InChI=1S/C10H15NOS/c1-10(2,7-11)13-9-6-4-3-5-8(9)12/h3-6,12H,7,11H2,1-2H3. The average Bonchev–Trinajstić information content (AvgIpc) is 2.09. The van der Waals surface area contributed by atoms with Crippen molar-refractivity contribution >= 4 is 11.8 Å². The minimum absolute atomic E-state index is 0.0289. The van der Waals surface area contributed by atoms with Crippen molar-refractivity contribution in [3.05, 3.63) is 24.3 Å². The molecule has 2 nitrogen and oxygen atoms in total. The van der Waals surface area contributed by atoms with Crippen LogP contribution in [0.4, 0.5) is 0 Å². The highest BCUT2D eigenvalue weighted by molar-refractivity contribution is 8.00. The summed E-state index contributed by atoms with van der Waals surface area (Å²) in [6.07, 6.45) is 0. The van der Waals surface area contributed by atoms with Gasteiger partial charge in [0.05, 0.1) is 0 Å². The number of benzene rings is 1. The zero-order chi connectivity index (χ0) is 9.90. The van der Waals surface area contributed by atoms with Gasteiger partial charge in [-0.15, -0.1) is 11.8 Å². The Bertz CT molecular complexity index is 286. The van der Waals surface area contributed by atoms with Gasteiger partial charge in [-0.3, -0.25) is 0 Å². The first kappa shape index (κ1) is 10.4. The molecular weight excluding hydrogens is 182 g/mol. The normalized spacial score (nSPS) is 11.6. The monoisotopic (exact) mass is 197 g/mol. The summed E-state index contributed by atoms with van der Waals surface area (Å²) in [4.78, 5) is 0.887. The van der Waals surface area contributed by atoms with Crippen LogP contribution in [-0.2, 0) is 0 Å². The zero-order valence-electron chi connectivity index (χ0n) is 7.95. The summed E-state index contributed by atoms with van der Waals surface area (Å²) in [6, 6.07) is 7.32. The molecule has 0 heterocycles. The first-order valence-electron chi connectivity index (χ1n) is 4.22. The van der Waals surface area contributed by atoms with Crippen molar-refractivity contribution in [3.8, 4) is 5.75 Å². The predicted molar refractivity (Wildman–Crippen MR) is 57.1 cm³/mol. The van der Waals surface area contributed by atoms with E-state index in [1.54, 1.807) is 17.8 Å². The molecule has 0 fully saturated rings. The third kappa shape index (κ3) is 2.94. The van der Waals surface area contributed by atoms with Crippen molar-refractivity contribution in [1.29, 1.82) is 0 Å². The Hall–Kier alpha value is -0.670. The Morgan fingerprint density at radius 1 is 1.38 bits per heavy atom. The van der Waals surface area contributed by atoms with Gasteiger partial charge < -0.3 is 10.8 Å². The lowest BCUT2D eigenvalue weighted by Gasteiger charge is -2.21. The van der Waals surface area contributed by atoms with Gasteiger partial charge in [-0.05, 0) is 26.0 Å². The lowest BCUT2D eigenvalue weighted by molar-refractivity contribution is 0.462. The molecule has 0 saturated carbocycles. The number of thioether (sulfide) groups is 1. The van der Waals surface area contributed by atoms with Crippen molar-refractivity contribution in [1.82, 2.24) is 0 Å². The SMILES string of the molecule is CC(C)(CN)Sc1ccccc1O. The molecule has 1 aromatic rings. The largest absolute Gasteiger partial charge is 0.507 e. The van der Waals surface area contributed by atoms with E-state index in [0.29, 0.717) is 12.3 Å². The van der Waals surface area contributed by atoms with Crippen molar-refractivity contribution in [3.63, 3.8) is 0 Å². The second-order valence-electron chi connectivity index (χ2n) is 3.53. The van der Waals surface area contributed by atoms with Crippen molar-refractivity contribution in [2.24, 2.45) is 5.73 Å². The van der Waals surface area contributed by atoms with Gasteiger partial charge in [-0.2, -0.15) is 0 Å². The lowest BCUT2D eigenvalue weighted by atomic mass is 10.2. The van der Waals surface area contributed by atoms with Crippen LogP contribution in [0.5, 0.6) is 5.75 Å². The highest BCUT2D eigenvalue weighted by atomic mass is 32.2. The molecule has 1 rings (SSSR count). The number of nitrogens with two attached hydrogens (primary N) is 1. The lowest BCUT2D eigenvalue weighted by Crippen LogP contribution is -2.26. The fourth-order valence-electron chi connectivity index (χ4n) is 0.883. The fourth-order valence-corrected chi connectivity index (χ4v) is 1.88. The molecule has 0 aliphatic heterocycles. The first-order valence-corrected chi connectivity index (χ1v) is 5.04. The molecule has 72 valence electrons. The molecule has 0 aromatic heterocycles. The Morgan fingerprint density at radius 3 is 2.54 bits per heavy atom. The summed E-state index contributed by atoms with van der Waals surface area (Å²) in [7, 11) is 0. The van der Waals surface area contributed by atoms with Crippen LogP contribution in [0.2, 0.25) is 0 Å². The van der Waals surface area contributed by atoms with Gasteiger partial charge >= 0.3 is 0 Å². The molecule has 0 bridgehead atoms. The van der Waals surface area contributed by atoms with Crippen LogP contribution in [0.3, 0.4) is 0 Å². The van der Waals surface area contributed by atoms with Gasteiger partial charge in [0.15, 0.2) is 0 Å². The highest BCUT2D eigenvalue weighted by Crippen LogP contribution is 2.36. The molecule has 0 aliphatic carbocycles. The molecule has 3 heteroatoms. The van der Waals surface area contributed by atoms with E-state index in [9.17, 15) is 5.11 Å². The molecule has 1 aromatic carbocycles. The Balaban J connectivity index is 2.80. The molecular formula is C10H15NOS.